The summed E-state index contributed by atoms with van der Waals surface area (Å²) < 4.78 is 13.1. The normalized spacial score (nSPS) is 17.8. The highest BCUT2D eigenvalue weighted by molar-refractivity contribution is 5.27. The van der Waals surface area contributed by atoms with Crippen LogP contribution in [0.4, 0.5) is 4.39 Å². The van der Waals surface area contributed by atoms with Gasteiger partial charge < -0.3 is 11.1 Å². The summed E-state index contributed by atoms with van der Waals surface area (Å²) in [5.74, 6) is -0.152. The zero-order valence-electron chi connectivity index (χ0n) is 8.96. The molecule has 1 aliphatic carbocycles. The molecule has 1 aromatic rings. The van der Waals surface area contributed by atoms with Crippen molar-refractivity contribution in [3.05, 3.63) is 35.1 Å². The first-order valence-electron chi connectivity index (χ1n) is 5.43. The molecule has 1 unspecified atom stereocenters. The highest BCUT2D eigenvalue weighted by atomic mass is 19.1. The van der Waals surface area contributed by atoms with Crippen molar-refractivity contribution in [3.8, 4) is 0 Å². The van der Waals surface area contributed by atoms with E-state index in [1.807, 2.05) is 12.1 Å². The van der Waals surface area contributed by atoms with E-state index in [1.54, 1.807) is 6.92 Å². The van der Waals surface area contributed by atoms with E-state index in [2.05, 4.69) is 5.32 Å². The Morgan fingerprint density at radius 1 is 1.53 bits per heavy atom. The quantitative estimate of drug-likeness (QED) is 0.793. The van der Waals surface area contributed by atoms with Crippen molar-refractivity contribution in [2.45, 2.75) is 31.8 Å². The van der Waals surface area contributed by atoms with E-state index >= 15 is 0 Å². The highest BCUT2D eigenvalue weighted by Gasteiger charge is 2.24. The van der Waals surface area contributed by atoms with Gasteiger partial charge in [0.2, 0.25) is 0 Å². The minimum Gasteiger partial charge on any atom is -0.329 e. The molecule has 0 heterocycles. The molecule has 0 radical (unpaired) electrons. The Bertz CT molecular complexity index is 347. The van der Waals surface area contributed by atoms with E-state index in [9.17, 15) is 4.39 Å². The zero-order valence-corrected chi connectivity index (χ0v) is 8.96. The summed E-state index contributed by atoms with van der Waals surface area (Å²) in [7, 11) is 0. The van der Waals surface area contributed by atoms with Crippen LogP contribution in [0, 0.1) is 12.7 Å². The predicted octanol–water partition coefficient (Wildman–Crippen LogP) is 1.89. The fraction of sp³-hybridized carbons (Fsp3) is 0.500. The van der Waals surface area contributed by atoms with Crippen LogP contribution in [0.3, 0.4) is 0 Å². The topological polar surface area (TPSA) is 38.0 Å². The summed E-state index contributed by atoms with van der Waals surface area (Å²) in [5.41, 5.74) is 7.48. The number of rotatable bonds is 4. The van der Waals surface area contributed by atoms with Crippen LogP contribution in [0.2, 0.25) is 0 Å². The monoisotopic (exact) mass is 208 g/mol. The third kappa shape index (κ3) is 2.55. The predicted molar refractivity (Wildman–Crippen MR) is 59.1 cm³/mol. The molecule has 0 amide bonds. The lowest BCUT2D eigenvalue weighted by Crippen LogP contribution is -2.29. The van der Waals surface area contributed by atoms with E-state index in [4.69, 9.17) is 5.73 Å². The smallest absolute Gasteiger partial charge is 0.126 e. The van der Waals surface area contributed by atoms with Crippen LogP contribution in [0.5, 0.6) is 0 Å². The molecule has 3 heteroatoms. The molecule has 1 atom stereocenters. The Kier molecular flexibility index (Phi) is 3.03. The molecular formula is C12H17FN2. The van der Waals surface area contributed by atoms with Gasteiger partial charge in [0.05, 0.1) is 0 Å². The molecule has 15 heavy (non-hydrogen) atoms. The van der Waals surface area contributed by atoms with Gasteiger partial charge in [-0.1, -0.05) is 12.1 Å². The fourth-order valence-electron chi connectivity index (χ4n) is 1.72. The first kappa shape index (κ1) is 10.6. The molecule has 82 valence electrons. The number of halogens is 1. The number of benzene rings is 1. The standard InChI is InChI=1S/C12H17FN2/c1-8-6-9(2-5-11(8)13)12(7-14)15-10-3-4-10/h2,5-6,10,12,15H,3-4,7,14H2,1H3. The first-order valence-corrected chi connectivity index (χ1v) is 5.43. The third-order valence-corrected chi connectivity index (χ3v) is 2.83. The summed E-state index contributed by atoms with van der Waals surface area (Å²) in [6, 6.07) is 5.99. The Balaban J connectivity index is 2.13. The molecule has 0 aliphatic heterocycles. The van der Waals surface area contributed by atoms with E-state index in [0.29, 0.717) is 18.2 Å². The number of hydrogen-bond donors (Lipinski definition) is 2. The molecule has 0 spiro atoms. The van der Waals surface area contributed by atoms with Crippen molar-refractivity contribution in [2.24, 2.45) is 5.73 Å². The fourth-order valence-corrected chi connectivity index (χ4v) is 1.72. The summed E-state index contributed by atoms with van der Waals surface area (Å²) in [4.78, 5) is 0. The highest BCUT2D eigenvalue weighted by Crippen LogP contribution is 2.24. The Morgan fingerprint density at radius 3 is 2.80 bits per heavy atom. The van der Waals surface area contributed by atoms with Gasteiger partial charge in [-0.05, 0) is 37.0 Å². The summed E-state index contributed by atoms with van der Waals surface area (Å²) in [6.07, 6.45) is 2.47. The molecule has 3 N–H and O–H groups in total. The summed E-state index contributed by atoms with van der Waals surface area (Å²) >= 11 is 0. The van der Waals surface area contributed by atoms with Gasteiger partial charge in [0.25, 0.3) is 0 Å². The molecule has 0 bridgehead atoms. The lowest BCUT2D eigenvalue weighted by molar-refractivity contribution is 0.536. The average molecular weight is 208 g/mol. The molecule has 1 fully saturated rings. The second-order valence-corrected chi connectivity index (χ2v) is 4.24. The van der Waals surface area contributed by atoms with E-state index < -0.39 is 0 Å². The maximum absolute atomic E-state index is 13.1. The number of nitrogens with two attached hydrogens (primary N) is 1. The van der Waals surface area contributed by atoms with Crippen molar-refractivity contribution < 1.29 is 4.39 Å². The van der Waals surface area contributed by atoms with E-state index in [-0.39, 0.29) is 11.9 Å². The van der Waals surface area contributed by atoms with Crippen LogP contribution >= 0.6 is 0 Å². The zero-order chi connectivity index (χ0) is 10.8. The number of nitrogens with one attached hydrogen (secondary N) is 1. The van der Waals surface area contributed by atoms with Gasteiger partial charge in [-0.25, -0.2) is 4.39 Å². The van der Waals surface area contributed by atoms with Gasteiger partial charge in [0.1, 0.15) is 5.82 Å². The maximum atomic E-state index is 13.1. The van der Waals surface area contributed by atoms with Gasteiger partial charge in [-0.15, -0.1) is 0 Å². The van der Waals surface area contributed by atoms with Crippen molar-refractivity contribution in [2.75, 3.05) is 6.54 Å². The molecule has 2 nitrogen and oxygen atoms in total. The number of hydrogen-bond acceptors (Lipinski definition) is 2. The summed E-state index contributed by atoms with van der Waals surface area (Å²) in [6.45, 7) is 2.34. The lowest BCUT2D eigenvalue weighted by Gasteiger charge is -2.17. The Hall–Kier alpha value is -0.930. The van der Waals surface area contributed by atoms with Gasteiger partial charge in [-0.2, -0.15) is 0 Å². The van der Waals surface area contributed by atoms with E-state index in [0.717, 1.165) is 5.56 Å². The maximum Gasteiger partial charge on any atom is 0.126 e. The minimum atomic E-state index is -0.152. The molecule has 1 aromatic carbocycles. The second kappa shape index (κ2) is 4.29. The molecule has 2 rings (SSSR count). The molecule has 1 aliphatic rings. The third-order valence-electron chi connectivity index (χ3n) is 2.83. The summed E-state index contributed by atoms with van der Waals surface area (Å²) in [5, 5.41) is 3.46. The van der Waals surface area contributed by atoms with Gasteiger partial charge in [-0.3, -0.25) is 0 Å². The molecule has 0 aromatic heterocycles. The van der Waals surface area contributed by atoms with Crippen molar-refractivity contribution >= 4 is 0 Å². The van der Waals surface area contributed by atoms with Crippen LogP contribution in [0.1, 0.15) is 30.0 Å². The lowest BCUT2D eigenvalue weighted by atomic mass is 10.0. The van der Waals surface area contributed by atoms with Crippen LogP contribution in [0.15, 0.2) is 18.2 Å². The van der Waals surface area contributed by atoms with Crippen LogP contribution < -0.4 is 11.1 Å². The van der Waals surface area contributed by atoms with Crippen LogP contribution in [-0.2, 0) is 0 Å². The Morgan fingerprint density at radius 2 is 2.27 bits per heavy atom. The van der Waals surface area contributed by atoms with Crippen LogP contribution in [0.25, 0.3) is 0 Å². The van der Waals surface area contributed by atoms with Crippen molar-refractivity contribution in [1.29, 1.82) is 0 Å². The van der Waals surface area contributed by atoms with Crippen LogP contribution in [-0.4, -0.2) is 12.6 Å². The van der Waals surface area contributed by atoms with Gasteiger partial charge in [0, 0.05) is 18.6 Å². The van der Waals surface area contributed by atoms with E-state index in [1.165, 1.54) is 18.9 Å². The largest absolute Gasteiger partial charge is 0.329 e. The second-order valence-electron chi connectivity index (χ2n) is 4.24. The molecule has 1 saturated carbocycles. The molecular weight excluding hydrogens is 191 g/mol. The van der Waals surface area contributed by atoms with Gasteiger partial charge >= 0.3 is 0 Å². The van der Waals surface area contributed by atoms with Gasteiger partial charge in [0.15, 0.2) is 0 Å². The van der Waals surface area contributed by atoms with Crippen molar-refractivity contribution in [1.82, 2.24) is 5.32 Å². The minimum absolute atomic E-state index is 0.152. The van der Waals surface area contributed by atoms with Crippen molar-refractivity contribution in [3.63, 3.8) is 0 Å². The molecule has 0 saturated heterocycles. The first-order chi connectivity index (χ1) is 7.20. The SMILES string of the molecule is Cc1cc(C(CN)NC2CC2)ccc1F. The number of aryl methyl sites for hydroxylation is 1. The average Bonchev–Trinajstić information content (AvgIpc) is 3.02. The Labute approximate surface area is 89.7 Å².